The molecule has 1 fully saturated rings. The van der Waals surface area contributed by atoms with Gasteiger partial charge in [0.15, 0.2) is 0 Å². The fourth-order valence-corrected chi connectivity index (χ4v) is 3.18. The van der Waals surface area contributed by atoms with Gasteiger partial charge in [-0.2, -0.15) is 10.2 Å². The predicted molar refractivity (Wildman–Crippen MR) is 112 cm³/mol. The summed E-state index contributed by atoms with van der Waals surface area (Å²) in [6.07, 6.45) is 1.65. The summed E-state index contributed by atoms with van der Waals surface area (Å²) in [6, 6.07) is 6.25. The molecule has 10 nitrogen and oxygen atoms in total. The quantitative estimate of drug-likeness (QED) is 0.605. The lowest BCUT2D eigenvalue weighted by atomic mass is 10.0. The van der Waals surface area contributed by atoms with Crippen LogP contribution in [0, 0.1) is 13.8 Å². The second kappa shape index (κ2) is 10.8. The van der Waals surface area contributed by atoms with Crippen molar-refractivity contribution in [1.82, 2.24) is 25.7 Å². The molecule has 0 aliphatic carbocycles. The minimum Gasteiger partial charge on any atom is -0.483 e. The van der Waals surface area contributed by atoms with Crippen LogP contribution in [-0.2, 0) is 14.4 Å². The Hall–Kier alpha value is -3.82. The van der Waals surface area contributed by atoms with E-state index in [1.54, 1.807) is 18.3 Å². The molecule has 0 spiro atoms. The molecule has 2 aromatic rings. The largest absolute Gasteiger partial charge is 0.483 e. The highest BCUT2D eigenvalue weighted by molar-refractivity contribution is 5.99. The lowest BCUT2D eigenvalue weighted by Gasteiger charge is -2.34. The minimum absolute atomic E-state index is 0.0652. The lowest BCUT2D eigenvalue weighted by Crippen LogP contribution is -2.58. The van der Waals surface area contributed by atoms with Crippen LogP contribution in [0.1, 0.15) is 27.9 Å². The summed E-state index contributed by atoms with van der Waals surface area (Å²) in [5, 5.41) is 20.3. The van der Waals surface area contributed by atoms with E-state index < -0.39 is 6.04 Å². The predicted octanol–water partition coefficient (Wildman–Crippen LogP) is 0.538. The highest BCUT2D eigenvalue weighted by Gasteiger charge is 2.34. The average Bonchev–Trinajstić information content (AvgIpc) is 2.77. The van der Waals surface area contributed by atoms with Crippen molar-refractivity contribution in [3.05, 3.63) is 47.2 Å². The van der Waals surface area contributed by atoms with Crippen molar-refractivity contribution in [3.8, 4) is 11.3 Å². The fourth-order valence-electron chi connectivity index (χ4n) is 3.18. The zero-order valence-corrected chi connectivity index (χ0v) is 17.6. The number of aromatic nitrogens is 2. The van der Waals surface area contributed by atoms with E-state index in [0.29, 0.717) is 18.7 Å². The van der Waals surface area contributed by atoms with E-state index in [1.807, 2.05) is 26.0 Å². The first-order chi connectivity index (χ1) is 14.8. The number of hydrogen-bond acceptors (Lipinski definition) is 6. The maximum absolute atomic E-state index is 13.0. The second-order valence-corrected chi connectivity index (χ2v) is 6.87. The maximum atomic E-state index is 13.0. The van der Waals surface area contributed by atoms with Gasteiger partial charge < -0.3 is 20.6 Å². The van der Waals surface area contributed by atoms with Gasteiger partial charge in [0.25, 0.3) is 12.4 Å². The first-order valence-electron chi connectivity index (χ1n) is 9.60. The van der Waals surface area contributed by atoms with Gasteiger partial charge in [0.05, 0.1) is 18.3 Å². The molecule has 1 aliphatic rings. The molecule has 1 aromatic heterocycles. The van der Waals surface area contributed by atoms with Crippen molar-refractivity contribution >= 4 is 24.2 Å². The van der Waals surface area contributed by atoms with Gasteiger partial charge in [0.1, 0.15) is 6.04 Å². The van der Waals surface area contributed by atoms with Crippen molar-refractivity contribution in [1.29, 1.82) is 0 Å². The SMILES string of the molecule is CNC(=O)CC1C(=O)NCCN1C(=O)c1ccc(-c2nncc(C)c2C)cc1.O=CO. The molecule has 10 heteroatoms. The van der Waals surface area contributed by atoms with Crippen LogP contribution >= 0.6 is 0 Å². The number of nitrogens with zero attached hydrogens (tertiary/aromatic N) is 3. The van der Waals surface area contributed by atoms with Crippen molar-refractivity contribution in [3.63, 3.8) is 0 Å². The van der Waals surface area contributed by atoms with Crippen LogP contribution in [0.25, 0.3) is 11.3 Å². The average molecular weight is 427 g/mol. The summed E-state index contributed by atoms with van der Waals surface area (Å²) < 4.78 is 0. The molecule has 3 amide bonds. The summed E-state index contributed by atoms with van der Waals surface area (Å²) >= 11 is 0. The van der Waals surface area contributed by atoms with Crippen LogP contribution < -0.4 is 10.6 Å². The van der Waals surface area contributed by atoms with Gasteiger partial charge in [-0.05, 0) is 37.1 Å². The molecular formula is C21H25N5O5. The summed E-state index contributed by atoms with van der Waals surface area (Å²) in [6.45, 7) is 4.43. The van der Waals surface area contributed by atoms with E-state index in [4.69, 9.17) is 9.90 Å². The lowest BCUT2D eigenvalue weighted by molar-refractivity contribution is -0.132. The van der Waals surface area contributed by atoms with Crippen molar-refractivity contribution < 1.29 is 24.3 Å². The molecule has 1 saturated heterocycles. The highest BCUT2D eigenvalue weighted by atomic mass is 16.3. The topological polar surface area (TPSA) is 142 Å². The Kier molecular flexibility index (Phi) is 8.18. The van der Waals surface area contributed by atoms with E-state index in [2.05, 4.69) is 20.8 Å². The number of carboxylic acid groups (broad SMARTS) is 1. The number of rotatable bonds is 4. The maximum Gasteiger partial charge on any atom is 0.290 e. The van der Waals surface area contributed by atoms with Gasteiger partial charge >= 0.3 is 0 Å². The Balaban J connectivity index is 0.00000107. The Labute approximate surface area is 179 Å². The number of amides is 3. The Morgan fingerprint density at radius 2 is 1.94 bits per heavy atom. The number of carbonyl (C=O) groups excluding carboxylic acids is 3. The Morgan fingerprint density at radius 3 is 2.55 bits per heavy atom. The molecule has 0 radical (unpaired) electrons. The smallest absolute Gasteiger partial charge is 0.290 e. The van der Waals surface area contributed by atoms with Crippen LogP contribution in [0.2, 0.25) is 0 Å². The molecule has 1 aliphatic heterocycles. The molecule has 2 heterocycles. The number of benzene rings is 1. The number of aryl methyl sites for hydroxylation is 1. The highest BCUT2D eigenvalue weighted by Crippen LogP contribution is 2.23. The third kappa shape index (κ3) is 5.62. The molecule has 0 bridgehead atoms. The van der Waals surface area contributed by atoms with Gasteiger partial charge in [-0.3, -0.25) is 19.2 Å². The Bertz CT molecular complexity index is 961. The van der Waals surface area contributed by atoms with Gasteiger partial charge in [0.2, 0.25) is 11.8 Å². The van der Waals surface area contributed by atoms with Gasteiger partial charge in [0, 0.05) is 31.3 Å². The zero-order valence-electron chi connectivity index (χ0n) is 17.6. The van der Waals surface area contributed by atoms with Crippen molar-refractivity contribution in [2.24, 2.45) is 0 Å². The van der Waals surface area contributed by atoms with Crippen LogP contribution in [-0.4, -0.2) is 70.6 Å². The normalized spacial score (nSPS) is 15.3. The zero-order chi connectivity index (χ0) is 23.0. The van der Waals surface area contributed by atoms with E-state index in [1.165, 1.54) is 11.9 Å². The summed E-state index contributed by atoms with van der Waals surface area (Å²) in [5.74, 6) is -0.878. The third-order valence-electron chi connectivity index (χ3n) is 5.01. The van der Waals surface area contributed by atoms with Crippen LogP contribution in [0.4, 0.5) is 0 Å². The molecule has 3 rings (SSSR count). The molecule has 164 valence electrons. The van der Waals surface area contributed by atoms with Crippen LogP contribution in [0.3, 0.4) is 0 Å². The van der Waals surface area contributed by atoms with Gasteiger partial charge in [-0.25, -0.2) is 0 Å². The summed E-state index contributed by atoms with van der Waals surface area (Å²) in [5.41, 5.74) is 4.17. The third-order valence-corrected chi connectivity index (χ3v) is 5.01. The molecule has 31 heavy (non-hydrogen) atoms. The van der Waals surface area contributed by atoms with Gasteiger partial charge in [-0.1, -0.05) is 12.1 Å². The van der Waals surface area contributed by atoms with E-state index in [0.717, 1.165) is 22.4 Å². The second-order valence-electron chi connectivity index (χ2n) is 6.87. The van der Waals surface area contributed by atoms with Gasteiger partial charge in [-0.15, -0.1) is 0 Å². The molecule has 1 aromatic carbocycles. The first-order valence-corrected chi connectivity index (χ1v) is 9.60. The minimum atomic E-state index is -0.814. The number of hydrogen-bond donors (Lipinski definition) is 3. The Morgan fingerprint density at radius 1 is 1.29 bits per heavy atom. The van der Waals surface area contributed by atoms with E-state index >= 15 is 0 Å². The standard InChI is InChI=1S/C20H23N5O3.CH2O2/c1-12-11-23-24-18(13(12)2)14-4-6-15(7-5-14)20(28)25-9-8-22-19(27)16(25)10-17(26)21-3;2-1-3/h4-7,11,16H,8-10H2,1-3H3,(H,21,26)(H,22,27);1H,(H,2,3). The summed E-state index contributed by atoms with van der Waals surface area (Å²) in [7, 11) is 1.50. The van der Waals surface area contributed by atoms with E-state index in [9.17, 15) is 14.4 Å². The van der Waals surface area contributed by atoms with Crippen LogP contribution in [0.5, 0.6) is 0 Å². The van der Waals surface area contributed by atoms with E-state index in [-0.39, 0.29) is 30.6 Å². The summed E-state index contributed by atoms with van der Waals surface area (Å²) in [4.78, 5) is 46.8. The molecule has 1 atom stereocenters. The number of carbonyl (C=O) groups is 4. The van der Waals surface area contributed by atoms with Crippen molar-refractivity contribution in [2.75, 3.05) is 20.1 Å². The molecule has 0 saturated carbocycles. The molecular weight excluding hydrogens is 402 g/mol. The number of nitrogens with one attached hydrogen (secondary N) is 2. The van der Waals surface area contributed by atoms with Crippen LogP contribution in [0.15, 0.2) is 30.5 Å². The fraction of sp³-hybridized carbons (Fsp3) is 0.333. The van der Waals surface area contributed by atoms with Crippen molar-refractivity contribution in [2.45, 2.75) is 26.3 Å². The monoisotopic (exact) mass is 427 g/mol. The molecule has 3 N–H and O–H groups in total. The first kappa shape index (κ1) is 23.5. The number of piperazine rings is 1. The molecule has 1 unspecified atom stereocenters.